The number of aromatic nitrogens is 4. The molecule has 1 atom stereocenters. The van der Waals surface area contributed by atoms with Crippen molar-refractivity contribution in [3.05, 3.63) is 47.4 Å². The molecule has 2 N–H and O–H groups in total. The van der Waals surface area contributed by atoms with E-state index in [9.17, 15) is 0 Å². The molecule has 3 aromatic rings. The van der Waals surface area contributed by atoms with Crippen LogP contribution in [0.3, 0.4) is 0 Å². The fraction of sp³-hybridized carbons (Fsp3) is 0.353. The molecule has 0 saturated carbocycles. The molecular formula is C17H20N6OS. The van der Waals surface area contributed by atoms with Crippen molar-refractivity contribution in [2.75, 3.05) is 32.1 Å². The molecule has 0 bridgehead atoms. The summed E-state index contributed by atoms with van der Waals surface area (Å²) in [5.74, 6) is 0.775. The number of ether oxygens (including phenoxy) is 1. The van der Waals surface area contributed by atoms with Gasteiger partial charge >= 0.3 is 0 Å². The molecule has 0 radical (unpaired) electrons. The van der Waals surface area contributed by atoms with Crippen LogP contribution in [-0.4, -0.2) is 51.8 Å². The van der Waals surface area contributed by atoms with E-state index in [4.69, 9.17) is 4.74 Å². The van der Waals surface area contributed by atoms with Crippen LogP contribution in [0.1, 0.15) is 17.4 Å². The zero-order valence-electron chi connectivity index (χ0n) is 14.0. The fourth-order valence-corrected chi connectivity index (χ4v) is 3.85. The maximum Gasteiger partial charge on any atom is 0.150 e. The van der Waals surface area contributed by atoms with E-state index in [0.29, 0.717) is 6.61 Å². The summed E-state index contributed by atoms with van der Waals surface area (Å²) in [6, 6.07) is 4.17. The quantitative estimate of drug-likeness (QED) is 0.731. The Labute approximate surface area is 150 Å². The van der Waals surface area contributed by atoms with Gasteiger partial charge in [0, 0.05) is 44.6 Å². The van der Waals surface area contributed by atoms with Crippen LogP contribution in [-0.2, 0) is 11.3 Å². The van der Waals surface area contributed by atoms with Crippen molar-refractivity contribution in [2.45, 2.75) is 12.6 Å². The van der Waals surface area contributed by atoms with Crippen molar-refractivity contribution in [3.63, 3.8) is 0 Å². The molecule has 1 aliphatic rings. The van der Waals surface area contributed by atoms with Gasteiger partial charge in [-0.1, -0.05) is 6.07 Å². The standard InChI is InChI=1S/C17H20N6OS/c1-18-17-16(19-4-5-20-17)13-11-23(6-7-24-13)10-12-9-21-22-15(12)14-3-2-8-25-14/h2-5,8-9,13H,6-7,10-11H2,1H3,(H,18,20)(H,21,22). The second-order valence-electron chi connectivity index (χ2n) is 5.88. The van der Waals surface area contributed by atoms with Crippen LogP contribution >= 0.6 is 11.3 Å². The highest BCUT2D eigenvalue weighted by Crippen LogP contribution is 2.29. The van der Waals surface area contributed by atoms with Gasteiger partial charge < -0.3 is 10.1 Å². The van der Waals surface area contributed by atoms with Gasteiger partial charge in [-0.2, -0.15) is 5.10 Å². The third kappa shape index (κ3) is 3.41. The summed E-state index contributed by atoms with van der Waals surface area (Å²) < 4.78 is 5.95. The lowest BCUT2D eigenvalue weighted by Crippen LogP contribution is -2.38. The highest BCUT2D eigenvalue weighted by molar-refractivity contribution is 7.13. The van der Waals surface area contributed by atoms with Crippen LogP contribution < -0.4 is 5.32 Å². The summed E-state index contributed by atoms with van der Waals surface area (Å²) in [6.45, 7) is 3.18. The summed E-state index contributed by atoms with van der Waals surface area (Å²) in [7, 11) is 1.85. The molecule has 1 unspecified atom stereocenters. The highest BCUT2D eigenvalue weighted by Gasteiger charge is 2.26. The molecule has 1 saturated heterocycles. The van der Waals surface area contributed by atoms with Crippen molar-refractivity contribution in [1.29, 1.82) is 0 Å². The lowest BCUT2D eigenvalue weighted by Gasteiger charge is -2.32. The van der Waals surface area contributed by atoms with Crippen molar-refractivity contribution in [3.8, 4) is 10.6 Å². The van der Waals surface area contributed by atoms with Crippen molar-refractivity contribution >= 4 is 17.2 Å². The van der Waals surface area contributed by atoms with Gasteiger partial charge in [0.1, 0.15) is 17.6 Å². The lowest BCUT2D eigenvalue weighted by molar-refractivity contribution is -0.0347. The molecule has 7 nitrogen and oxygen atoms in total. The molecule has 3 aromatic heterocycles. The van der Waals surface area contributed by atoms with Gasteiger partial charge in [-0.15, -0.1) is 11.3 Å². The normalized spacial score (nSPS) is 18.4. The van der Waals surface area contributed by atoms with E-state index >= 15 is 0 Å². The van der Waals surface area contributed by atoms with E-state index in [1.165, 1.54) is 10.4 Å². The number of hydrogen-bond donors (Lipinski definition) is 2. The van der Waals surface area contributed by atoms with E-state index in [0.717, 1.165) is 36.8 Å². The number of hydrogen-bond acceptors (Lipinski definition) is 7. The third-order valence-electron chi connectivity index (χ3n) is 4.30. The first-order chi connectivity index (χ1) is 12.3. The van der Waals surface area contributed by atoms with Crippen LogP contribution in [0.2, 0.25) is 0 Å². The number of nitrogens with one attached hydrogen (secondary N) is 2. The minimum Gasteiger partial charge on any atom is -0.372 e. The predicted octanol–water partition coefficient (Wildman–Crippen LogP) is 2.54. The Morgan fingerprint density at radius 1 is 1.40 bits per heavy atom. The summed E-state index contributed by atoms with van der Waals surface area (Å²) >= 11 is 1.72. The first kappa shape index (κ1) is 16.2. The second kappa shape index (κ2) is 7.30. The SMILES string of the molecule is CNc1nccnc1C1CN(Cc2cn[nH]c2-c2cccs2)CCO1. The Bertz CT molecular complexity index is 818. The lowest BCUT2D eigenvalue weighted by atomic mass is 10.1. The second-order valence-corrected chi connectivity index (χ2v) is 6.83. The van der Waals surface area contributed by atoms with Crippen molar-refractivity contribution in [1.82, 2.24) is 25.1 Å². The predicted molar refractivity (Wildman–Crippen MR) is 97.4 cm³/mol. The Balaban J connectivity index is 1.50. The van der Waals surface area contributed by atoms with Crippen molar-refractivity contribution < 1.29 is 4.74 Å². The number of thiophene rings is 1. The van der Waals surface area contributed by atoms with Crippen LogP contribution in [0.25, 0.3) is 10.6 Å². The number of aromatic amines is 1. The highest BCUT2D eigenvalue weighted by atomic mass is 32.1. The maximum absolute atomic E-state index is 5.95. The zero-order valence-corrected chi connectivity index (χ0v) is 14.8. The smallest absolute Gasteiger partial charge is 0.150 e. The Morgan fingerprint density at radius 2 is 2.32 bits per heavy atom. The summed E-state index contributed by atoms with van der Waals surface area (Å²) in [4.78, 5) is 12.4. The molecule has 25 heavy (non-hydrogen) atoms. The van der Waals surface area contributed by atoms with E-state index in [1.54, 1.807) is 23.7 Å². The van der Waals surface area contributed by atoms with Gasteiger partial charge in [-0.25, -0.2) is 4.98 Å². The molecule has 130 valence electrons. The molecule has 1 aliphatic heterocycles. The zero-order chi connectivity index (χ0) is 17.1. The summed E-state index contributed by atoms with van der Waals surface area (Å²) in [5, 5.41) is 12.5. The number of morpholine rings is 1. The maximum atomic E-state index is 5.95. The number of nitrogens with zero attached hydrogens (tertiary/aromatic N) is 4. The molecule has 0 spiro atoms. The van der Waals surface area contributed by atoms with Gasteiger partial charge in [-0.05, 0) is 11.4 Å². The third-order valence-corrected chi connectivity index (χ3v) is 5.19. The van der Waals surface area contributed by atoms with Crippen molar-refractivity contribution in [2.24, 2.45) is 0 Å². The molecule has 1 fully saturated rings. The average Bonchev–Trinajstić information content (AvgIpc) is 3.33. The Morgan fingerprint density at radius 3 is 3.16 bits per heavy atom. The average molecular weight is 356 g/mol. The molecule has 0 aliphatic carbocycles. The van der Waals surface area contributed by atoms with Crippen LogP contribution in [0.5, 0.6) is 0 Å². The molecule has 4 rings (SSSR count). The molecular weight excluding hydrogens is 336 g/mol. The molecule has 0 aromatic carbocycles. The van der Waals surface area contributed by atoms with E-state index < -0.39 is 0 Å². The van der Waals surface area contributed by atoms with Crippen LogP contribution in [0.15, 0.2) is 36.1 Å². The summed E-state index contributed by atoms with van der Waals surface area (Å²) in [6.07, 6.45) is 5.24. The Hall–Kier alpha value is -2.29. The minimum atomic E-state index is -0.0815. The molecule has 0 amide bonds. The molecule has 4 heterocycles. The topological polar surface area (TPSA) is 79.0 Å². The summed E-state index contributed by atoms with van der Waals surface area (Å²) in [5.41, 5.74) is 3.17. The van der Waals surface area contributed by atoms with Gasteiger partial charge in [-0.3, -0.25) is 15.0 Å². The molecule has 8 heteroatoms. The van der Waals surface area contributed by atoms with Gasteiger partial charge in [0.2, 0.25) is 0 Å². The van der Waals surface area contributed by atoms with E-state index in [1.807, 2.05) is 13.2 Å². The van der Waals surface area contributed by atoms with E-state index in [-0.39, 0.29) is 6.10 Å². The number of rotatable bonds is 5. The van der Waals surface area contributed by atoms with Crippen LogP contribution in [0, 0.1) is 0 Å². The first-order valence-electron chi connectivity index (χ1n) is 8.24. The monoisotopic (exact) mass is 356 g/mol. The Kier molecular flexibility index (Phi) is 4.73. The van der Waals surface area contributed by atoms with Crippen LogP contribution in [0.4, 0.5) is 5.82 Å². The number of H-pyrrole nitrogens is 1. The van der Waals surface area contributed by atoms with Gasteiger partial charge in [0.15, 0.2) is 0 Å². The minimum absolute atomic E-state index is 0.0815. The number of anilines is 1. The fourth-order valence-electron chi connectivity index (χ4n) is 3.09. The van der Waals surface area contributed by atoms with Gasteiger partial charge in [0.25, 0.3) is 0 Å². The largest absolute Gasteiger partial charge is 0.372 e. The van der Waals surface area contributed by atoms with E-state index in [2.05, 4.69) is 47.9 Å². The van der Waals surface area contributed by atoms with Gasteiger partial charge in [0.05, 0.1) is 23.4 Å². The first-order valence-corrected chi connectivity index (χ1v) is 9.12.